The van der Waals surface area contributed by atoms with Crippen molar-refractivity contribution in [2.45, 2.75) is 27.7 Å². The van der Waals surface area contributed by atoms with Gasteiger partial charge in [0.1, 0.15) is 0 Å². The standard InChI is InChI=1S/C60H58N6O4/c1-7-65(8-2)41-25-19-39(20-26-41)23-29-47-49-31-35-53(61-49)57(43-15-11-13-17-45(43)59(67)69-5)55-37-33-51(63-55)48(30-24-40-21-27-42(28-22-40)66(9-3)10-4)52-34-38-56(64-52)58(54-36-32-50(47)62-54)44-16-12-14-18-46(44)60(68)70-6/h11-38,61-64H,7-10H2,1-6H3/b29-23+,30-24+,49-47?,50-47?,51-48?,52-48?,57-53?,57-55?,58-54?,58-56?. The zero-order valence-electron chi connectivity index (χ0n) is 40.5. The predicted molar refractivity (Wildman–Crippen MR) is 284 cm³/mol. The van der Waals surface area contributed by atoms with Crippen LogP contribution >= 0.6 is 0 Å². The average molecular weight is 927 g/mol. The van der Waals surface area contributed by atoms with Gasteiger partial charge in [-0.25, -0.2) is 9.59 Å². The lowest BCUT2D eigenvalue weighted by molar-refractivity contribution is 0.0591. The molecule has 70 heavy (non-hydrogen) atoms. The van der Waals surface area contributed by atoms with Crippen LogP contribution < -0.4 is 31.2 Å². The Bertz CT molecular complexity index is 3270. The number of ether oxygens (including phenoxy) is 2. The first kappa shape index (κ1) is 46.6. The number of anilines is 2. The van der Waals surface area contributed by atoms with E-state index in [1.54, 1.807) is 12.1 Å². The highest BCUT2D eigenvalue weighted by atomic mass is 16.5. The number of benzene rings is 4. The van der Waals surface area contributed by atoms with Gasteiger partial charge in [0, 0.05) is 115 Å². The Kier molecular flexibility index (Phi) is 13.8. The van der Waals surface area contributed by atoms with Crippen LogP contribution in [-0.2, 0) is 9.47 Å². The van der Waals surface area contributed by atoms with Crippen molar-refractivity contribution in [2.24, 2.45) is 0 Å². The zero-order valence-corrected chi connectivity index (χ0v) is 40.5. The summed E-state index contributed by atoms with van der Waals surface area (Å²) >= 11 is 0. The second kappa shape index (κ2) is 20.8. The summed E-state index contributed by atoms with van der Waals surface area (Å²) in [5.41, 5.74) is 13.4. The van der Waals surface area contributed by atoms with Crippen LogP contribution in [0.5, 0.6) is 0 Å². The number of rotatable bonds is 14. The fourth-order valence-electron chi connectivity index (χ4n) is 9.42. The lowest BCUT2D eigenvalue weighted by Gasteiger charge is -2.20. The van der Waals surface area contributed by atoms with Gasteiger partial charge in [-0.3, -0.25) is 0 Å². The number of H-pyrrole nitrogens is 4. The molecule has 4 aromatic heterocycles. The third kappa shape index (κ3) is 9.36. The van der Waals surface area contributed by atoms with E-state index in [0.29, 0.717) is 22.3 Å². The molecule has 8 bridgehead atoms. The van der Waals surface area contributed by atoms with Crippen LogP contribution in [0.3, 0.4) is 0 Å². The molecule has 1 aliphatic heterocycles. The van der Waals surface area contributed by atoms with Crippen molar-refractivity contribution in [1.29, 1.82) is 0 Å². The molecule has 8 aromatic rings. The van der Waals surface area contributed by atoms with Gasteiger partial charge in [0.15, 0.2) is 0 Å². The summed E-state index contributed by atoms with van der Waals surface area (Å²) in [5.74, 6) is -0.867. The van der Waals surface area contributed by atoms with Crippen molar-refractivity contribution < 1.29 is 19.1 Å². The summed E-state index contributed by atoms with van der Waals surface area (Å²) in [5, 5.41) is 3.26. The maximum Gasteiger partial charge on any atom is 0.338 e. The Balaban J connectivity index is 1.33. The van der Waals surface area contributed by atoms with Crippen molar-refractivity contribution in [1.82, 2.24) is 19.9 Å². The average Bonchev–Trinajstić information content (AvgIpc) is 4.26. The van der Waals surface area contributed by atoms with Gasteiger partial charge in [-0.1, -0.05) is 85.0 Å². The molecule has 0 radical (unpaired) electrons. The Morgan fingerprint density at radius 2 is 0.771 bits per heavy atom. The normalized spacial score (nSPS) is 12.5. The summed E-state index contributed by atoms with van der Waals surface area (Å²) < 4.78 is 10.7. The molecular weight excluding hydrogens is 869 g/mol. The molecule has 0 saturated heterocycles. The summed E-state index contributed by atoms with van der Waals surface area (Å²) in [7, 11) is 2.81. The van der Waals surface area contributed by atoms with E-state index in [0.717, 1.165) is 104 Å². The van der Waals surface area contributed by atoms with Crippen molar-refractivity contribution in [3.63, 3.8) is 0 Å². The maximum absolute atomic E-state index is 13.5. The molecule has 0 aliphatic carbocycles. The van der Waals surface area contributed by atoms with E-state index in [2.05, 4.69) is 179 Å². The van der Waals surface area contributed by atoms with Crippen molar-refractivity contribution in [2.75, 3.05) is 50.2 Å². The largest absolute Gasteiger partial charge is 0.465 e. The first-order chi connectivity index (χ1) is 34.2. The van der Waals surface area contributed by atoms with E-state index in [1.807, 2.05) is 36.4 Å². The summed E-state index contributed by atoms with van der Waals surface area (Å²) in [6.45, 7) is 12.4. The molecule has 0 atom stereocenters. The summed E-state index contributed by atoms with van der Waals surface area (Å²) in [6.07, 6.45) is 8.48. The van der Waals surface area contributed by atoms with Crippen LogP contribution in [0.1, 0.15) is 93.4 Å². The van der Waals surface area contributed by atoms with E-state index >= 15 is 0 Å². The second-order valence-corrected chi connectivity index (χ2v) is 17.0. The number of fused-ring (bicyclic) bond motifs is 8. The minimum atomic E-state index is -0.433. The number of hydrogen-bond acceptors (Lipinski definition) is 6. The minimum absolute atomic E-state index is 0.433. The number of nitrogens with zero attached hydrogens (tertiary/aromatic N) is 2. The number of methoxy groups -OCH3 is 2. The highest BCUT2D eigenvalue weighted by molar-refractivity contribution is 5.99. The Morgan fingerprint density at radius 1 is 0.414 bits per heavy atom. The van der Waals surface area contributed by atoms with Crippen LogP contribution in [0.25, 0.3) is 34.4 Å². The highest BCUT2D eigenvalue weighted by Gasteiger charge is 2.22. The van der Waals surface area contributed by atoms with E-state index in [9.17, 15) is 9.59 Å². The van der Waals surface area contributed by atoms with Gasteiger partial charge < -0.3 is 39.2 Å². The highest BCUT2D eigenvalue weighted by Crippen LogP contribution is 2.29. The number of aromatic nitrogens is 4. The molecule has 352 valence electrons. The number of aromatic amines is 4. The van der Waals surface area contributed by atoms with Gasteiger partial charge in [0.25, 0.3) is 0 Å². The number of esters is 2. The van der Waals surface area contributed by atoms with Crippen molar-refractivity contribution in [3.05, 3.63) is 235 Å². The fraction of sp³-hybridized carbons (Fsp3) is 0.167. The van der Waals surface area contributed by atoms with Crippen LogP contribution in [0.15, 0.2) is 158 Å². The number of carbonyl (C=O) groups excluding carboxylic acids is 2. The second-order valence-electron chi connectivity index (χ2n) is 17.0. The van der Waals surface area contributed by atoms with Crippen molar-refractivity contribution in [3.8, 4) is 0 Å². The predicted octanol–water partition coefficient (Wildman–Crippen LogP) is 8.90. The van der Waals surface area contributed by atoms with Gasteiger partial charge >= 0.3 is 11.9 Å². The van der Waals surface area contributed by atoms with Gasteiger partial charge in [-0.2, -0.15) is 0 Å². The van der Waals surface area contributed by atoms with Gasteiger partial charge in [0.05, 0.1) is 25.3 Å². The third-order valence-electron chi connectivity index (χ3n) is 13.1. The molecular formula is C60H58N6O4. The number of nitrogens with one attached hydrogen (secondary N) is 4. The SMILES string of the molecule is CCN(CC)c1ccc(/C=C/C2=c3ccc([nH]3)=C(c3ccccc3C(=O)OC)c3ccc([nH]3)C(/C=C/c3ccc(N(CC)CC)cc3)=c3ccc([nH]3)=C(c3ccccc3C(=O)OC)c3ccc2[nH]3)cc1. The monoisotopic (exact) mass is 926 g/mol. The molecule has 10 nitrogen and oxygen atoms in total. The van der Waals surface area contributed by atoms with Gasteiger partial charge in [-0.05, 0) is 124 Å². The van der Waals surface area contributed by atoms with E-state index in [4.69, 9.17) is 9.47 Å². The molecule has 0 fully saturated rings. The van der Waals surface area contributed by atoms with Crippen LogP contribution in [0, 0.1) is 0 Å². The maximum atomic E-state index is 13.5. The summed E-state index contributed by atoms with van der Waals surface area (Å²) in [6, 6.07) is 48.8. The fourth-order valence-corrected chi connectivity index (χ4v) is 9.42. The minimum Gasteiger partial charge on any atom is -0.465 e. The lowest BCUT2D eigenvalue weighted by Crippen LogP contribution is -2.21. The number of allylic oxidation sites excluding steroid dienone is 2. The topological polar surface area (TPSA) is 122 Å². The molecule has 0 saturated carbocycles. The first-order valence-corrected chi connectivity index (χ1v) is 23.9. The van der Waals surface area contributed by atoms with E-state index in [1.165, 1.54) is 25.6 Å². The van der Waals surface area contributed by atoms with Gasteiger partial charge in [-0.15, -0.1) is 0 Å². The molecule has 5 heterocycles. The smallest absolute Gasteiger partial charge is 0.338 e. The Morgan fingerprint density at radius 3 is 1.14 bits per heavy atom. The van der Waals surface area contributed by atoms with E-state index < -0.39 is 11.9 Å². The molecule has 10 heteroatoms. The van der Waals surface area contributed by atoms with Crippen molar-refractivity contribution >= 4 is 57.8 Å². The zero-order chi connectivity index (χ0) is 48.7. The molecule has 4 N–H and O–H groups in total. The molecule has 0 unspecified atom stereocenters. The van der Waals surface area contributed by atoms with Crippen LogP contribution in [0.2, 0.25) is 0 Å². The lowest BCUT2D eigenvalue weighted by atomic mass is 9.97. The first-order valence-electron chi connectivity index (χ1n) is 23.9. The Labute approximate surface area is 408 Å². The van der Waals surface area contributed by atoms with Gasteiger partial charge in [0.2, 0.25) is 0 Å². The molecule has 9 rings (SSSR count). The quantitative estimate of drug-likeness (QED) is 0.0809. The number of hydrogen-bond donors (Lipinski definition) is 4. The van der Waals surface area contributed by atoms with Crippen LogP contribution in [0.4, 0.5) is 11.4 Å². The molecule has 0 spiro atoms. The molecule has 0 amide bonds. The molecule has 1 aliphatic rings. The molecule has 4 aromatic carbocycles. The summed E-state index contributed by atoms with van der Waals surface area (Å²) in [4.78, 5) is 46.7. The third-order valence-corrected chi connectivity index (χ3v) is 13.1. The Hall–Kier alpha value is -8.50. The number of carbonyl (C=O) groups is 2. The van der Waals surface area contributed by atoms with E-state index in [-0.39, 0.29) is 0 Å². The van der Waals surface area contributed by atoms with Crippen LogP contribution in [-0.4, -0.2) is 72.3 Å².